The van der Waals surface area contributed by atoms with E-state index in [1.807, 2.05) is 43.0 Å². The van der Waals surface area contributed by atoms with E-state index in [0.717, 1.165) is 42.4 Å². The second kappa shape index (κ2) is 8.53. The van der Waals surface area contributed by atoms with Gasteiger partial charge >= 0.3 is 5.97 Å². The van der Waals surface area contributed by atoms with Crippen LogP contribution >= 0.6 is 0 Å². The van der Waals surface area contributed by atoms with E-state index in [2.05, 4.69) is 18.2 Å². The Morgan fingerprint density at radius 2 is 1.81 bits per heavy atom. The van der Waals surface area contributed by atoms with Crippen molar-refractivity contribution in [3.05, 3.63) is 42.5 Å². The summed E-state index contributed by atoms with van der Waals surface area (Å²) in [5.41, 5.74) is 0.969. The van der Waals surface area contributed by atoms with Crippen molar-refractivity contribution in [3.63, 3.8) is 0 Å². The molecule has 0 aliphatic carbocycles. The number of likely N-dealkylation sites (tertiary alicyclic amines) is 1. The molecule has 0 saturated carbocycles. The molecule has 0 unspecified atom stereocenters. The zero-order valence-corrected chi connectivity index (χ0v) is 16.4. The molecule has 0 radical (unpaired) electrons. The summed E-state index contributed by atoms with van der Waals surface area (Å²) in [7, 11) is 1.44. The lowest BCUT2D eigenvalue weighted by Gasteiger charge is -2.34. The molecule has 1 atom stereocenters. The molecule has 2 aromatic rings. The van der Waals surface area contributed by atoms with E-state index < -0.39 is 0 Å². The smallest absolute Gasteiger partial charge is 0.309 e. The summed E-state index contributed by atoms with van der Waals surface area (Å²) in [6.07, 6.45) is 1.56. The van der Waals surface area contributed by atoms with Gasteiger partial charge in [-0.1, -0.05) is 36.4 Å². The molecule has 0 spiro atoms. The number of piperidine rings is 1. The number of esters is 1. The third-order valence-corrected chi connectivity index (χ3v) is 5.78. The zero-order valence-electron chi connectivity index (χ0n) is 16.4. The largest absolute Gasteiger partial charge is 0.469 e. The van der Waals surface area contributed by atoms with Crippen molar-refractivity contribution >= 4 is 28.3 Å². The van der Waals surface area contributed by atoms with E-state index in [9.17, 15) is 9.59 Å². The van der Waals surface area contributed by atoms with Crippen LogP contribution in [0.5, 0.6) is 0 Å². The lowest BCUT2D eigenvalue weighted by Crippen LogP contribution is -3.17. The highest BCUT2D eigenvalue weighted by atomic mass is 16.5. The lowest BCUT2D eigenvalue weighted by molar-refractivity contribution is -0.919. The molecule has 5 nitrogen and oxygen atoms in total. The SMILES string of the molecule is CCN(C(=O)[C@H](C)[NH+]1CCC(C(=O)OC)CC1)c1cccc2ccccc12. The molecular weight excluding hydrogens is 340 g/mol. The van der Waals surface area contributed by atoms with Gasteiger partial charge in [-0.25, -0.2) is 0 Å². The van der Waals surface area contributed by atoms with Crippen molar-refractivity contribution in [3.8, 4) is 0 Å². The molecule has 1 amide bonds. The van der Waals surface area contributed by atoms with E-state index in [4.69, 9.17) is 4.74 Å². The van der Waals surface area contributed by atoms with E-state index in [1.54, 1.807) is 0 Å². The van der Waals surface area contributed by atoms with Crippen molar-refractivity contribution in [1.29, 1.82) is 0 Å². The monoisotopic (exact) mass is 369 g/mol. The molecule has 1 heterocycles. The van der Waals surface area contributed by atoms with E-state index in [1.165, 1.54) is 12.0 Å². The minimum absolute atomic E-state index is 0.0265. The first-order valence-electron chi connectivity index (χ1n) is 9.78. The van der Waals surface area contributed by atoms with Crippen molar-refractivity contribution in [2.45, 2.75) is 32.7 Å². The number of hydrogen-bond donors (Lipinski definition) is 1. The summed E-state index contributed by atoms with van der Waals surface area (Å²) in [6.45, 7) is 6.30. The molecule has 2 aromatic carbocycles. The first-order chi connectivity index (χ1) is 13.1. The number of nitrogens with one attached hydrogen (secondary N) is 1. The number of quaternary nitrogens is 1. The Balaban J connectivity index is 1.76. The highest BCUT2D eigenvalue weighted by Gasteiger charge is 2.35. The molecule has 1 N–H and O–H groups in total. The van der Waals surface area contributed by atoms with Gasteiger partial charge in [-0.3, -0.25) is 9.59 Å². The number of amides is 1. The molecule has 1 fully saturated rings. The Bertz CT molecular complexity index is 807. The summed E-state index contributed by atoms with van der Waals surface area (Å²) >= 11 is 0. The molecule has 144 valence electrons. The van der Waals surface area contributed by atoms with Gasteiger partial charge in [0.15, 0.2) is 6.04 Å². The first-order valence-corrected chi connectivity index (χ1v) is 9.78. The number of likely N-dealkylation sites (N-methyl/N-ethyl adjacent to an activating group) is 1. The van der Waals surface area contributed by atoms with Gasteiger partial charge in [0, 0.05) is 24.8 Å². The minimum atomic E-state index is -0.137. The van der Waals surface area contributed by atoms with Crippen LogP contribution in [0, 0.1) is 5.92 Å². The Labute approximate surface area is 160 Å². The van der Waals surface area contributed by atoms with Crippen molar-refractivity contribution in [2.75, 3.05) is 31.6 Å². The highest BCUT2D eigenvalue weighted by molar-refractivity contribution is 6.04. The number of nitrogens with zero attached hydrogens (tertiary/aromatic N) is 1. The van der Waals surface area contributed by atoms with Crippen LogP contribution in [0.2, 0.25) is 0 Å². The van der Waals surface area contributed by atoms with Crippen LogP contribution in [-0.4, -0.2) is 44.7 Å². The van der Waals surface area contributed by atoms with Crippen LogP contribution in [-0.2, 0) is 14.3 Å². The van der Waals surface area contributed by atoms with Crippen molar-refractivity contribution < 1.29 is 19.2 Å². The average Bonchev–Trinajstić information content (AvgIpc) is 2.73. The second-order valence-corrected chi connectivity index (χ2v) is 7.26. The molecule has 0 aromatic heterocycles. The van der Waals surface area contributed by atoms with Gasteiger partial charge in [-0.2, -0.15) is 0 Å². The molecule has 0 bridgehead atoms. The number of carbonyl (C=O) groups is 2. The van der Waals surface area contributed by atoms with Gasteiger partial charge in [0.05, 0.1) is 31.8 Å². The predicted octanol–water partition coefficient (Wildman–Crippen LogP) is 2.05. The van der Waals surface area contributed by atoms with Crippen LogP contribution in [0.15, 0.2) is 42.5 Å². The predicted molar refractivity (Wildman–Crippen MR) is 107 cm³/mol. The molecular formula is C22H29N2O3+. The maximum absolute atomic E-state index is 13.3. The van der Waals surface area contributed by atoms with Crippen LogP contribution in [0.3, 0.4) is 0 Å². The number of benzene rings is 2. The maximum atomic E-state index is 13.3. The summed E-state index contributed by atoms with van der Waals surface area (Å²) in [6, 6.07) is 14.1. The third kappa shape index (κ3) is 3.98. The third-order valence-electron chi connectivity index (χ3n) is 5.78. The van der Waals surface area contributed by atoms with E-state index in [0.29, 0.717) is 6.54 Å². The molecule has 5 heteroatoms. The van der Waals surface area contributed by atoms with Crippen LogP contribution in [0.4, 0.5) is 5.69 Å². The molecule has 1 aliphatic rings. The average molecular weight is 369 g/mol. The van der Waals surface area contributed by atoms with Crippen LogP contribution in [0.1, 0.15) is 26.7 Å². The number of methoxy groups -OCH3 is 1. The second-order valence-electron chi connectivity index (χ2n) is 7.26. The van der Waals surface area contributed by atoms with Gasteiger partial charge in [0.25, 0.3) is 5.91 Å². The van der Waals surface area contributed by atoms with Gasteiger partial charge in [-0.05, 0) is 25.3 Å². The lowest BCUT2D eigenvalue weighted by atomic mass is 9.96. The number of ether oxygens (including phenoxy) is 1. The number of fused-ring (bicyclic) bond motifs is 1. The fraction of sp³-hybridized carbons (Fsp3) is 0.455. The van der Waals surface area contributed by atoms with Crippen LogP contribution < -0.4 is 9.80 Å². The van der Waals surface area contributed by atoms with Crippen molar-refractivity contribution in [2.24, 2.45) is 5.92 Å². The summed E-state index contributed by atoms with van der Waals surface area (Å²) in [5.74, 6) is -0.0132. The molecule has 1 saturated heterocycles. The van der Waals surface area contributed by atoms with Gasteiger partial charge in [0.1, 0.15) is 0 Å². The molecule has 27 heavy (non-hydrogen) atoms. The van der Waals surface area contributed by atoms with E-state index in [-0.39, 0.29) is 23.8 Å². The number of carbonyl (C=O) groups excluding carboxylic acids is 2. The van der Waals surface area contributed by atoms with Crippen LogP contribution in [0.25, 0.3) is 10.8 Å². The van der Waals surface area contributed by atoms with Gasteiger partial charge in [-0.15, -0.1) is 0 Å². The Morgan fingerprint density at radius 1 is 1.15 bits per heavy atom. The summed E-state index contributed by atoms with van der Waals surface area (Å²) in [4.78, 5) is 28.2. The fourth-order valence-corrected chi connectivity index (χ4v) is 4.12. The summed E-state index contributed by atoms with van der Waals surface area (Å²) < 4.78 is 4.86. The number of hydrogen-bond acceptors (Lipinski definition) is 3. The fourth-order valence-electron chi connectivity index (χ4n) is 4.12. The Hall–Kier alpha value is -2.40. The quantitative estimate of drug-likeness (QED) is 0.821. The Morgan fingerprint density at radius 3 is 2.48 bits per heavy atom. The minimum Gasteiger partial charge on any atom is -0.469 e. The topological polar surface area (TPSA) is 51.1 Å². The molecule has 3 rings (SSSR count). The normalized spacial score (nSPS) is 20.9. The summed E-state index contributed by atoms with van der Waals surface area (Å²) in [5, 5.41) is 2.24. The maximum Gasteiger partial charge on any atom is 0.309 e. The van der Waals surface area contributed by atoms with Gasteiger partial charge < -0.3 is 14.5 Å². The van der Waals surface area contributed by atoms with Crippen molar-refractivity contribution in [1.82, 2.24) is 0 Å². The number of rotatable bonds is 5. The zero-order chi connectivity index (χ0) is 19.4. The molecule has 1 aliphatic heterocycles. The Kier molecular flexibility index (Phi) is 6.11. The number of anilines is 1. The first kappa shape index (κ1) is 19.4. The van der Waals surface area contributed by atoms with E-state index >= 15 is 0 Å². The highest BCUT2D eigenvalue weighted by Crippen LogP contribution is 2.27. The van der Waals surface area contributed by atoms with Gasteiger partial charge in [0.2, 0.25) is 0 Å². The standard InChI is InChI=1S/C22H28N2O3/c1-4-24(20-11-7-9-17-8-5-6-10-19(17)20)21(25)16(2)23-14-12-18(13-15-23)22(26)27-3/h5-11,16,18H,4,12-15H2,1-3H3/p+1/t16-/m0/s1.